The van der Waals surface area contributed by atoms with Crippen LogP contribution in [0.1, 0.15) is 30.5 Å². The molecule has 25 heavy (non-hydrogen) atoms. The van der Waals surface area contributed by atoms with Gasteiger partial charge in [0.15, 0.2) is 0 Å². The van der Waals surface area contributed by atoms with E-state index < -0.39 is 5.41 Å². The molecule has 1 fully saturated rings. The number of aromatic nitrogens is 2. The molecule has 1 unspecified atom stereocenters. The zero-order chi connectivity index (χ0) is 17.3. The molecule has 0 N–H and O–H groups in total. The number of rotatable bonds is 2. The highest BCUT2D eigenvalue weighted by Crippen LogP contribution is 2.35. The molecule has 5 heteroatoms. The maximum absolute atomic E-state index is 12.9. The Morgan fingerprint density at radius 1 is 1.16 bits per heavy atom. The van der Waals surface area contributed by atoms with Gasteiger partial charge in [0, 0.05) is 43.9 Å². The lowest BCUT2D eigenvalue weighted by Gasteiger charge is -2.39. The topological polar surface area (TPSA) is 61.9 Å². The predicted octanol–water partition coefficient (Wildman–Crippen LogP) is 2.53. The molecule has 1 aromatic heterocycles. The Hall–Kier alpha value is -2.61. The largest absolute Gasteiger partial charge is 0.342 e. The van der Waals surface area contributed by atoms with Crippen molar-refractivity contribution in [2.45, 2.75) is 37.6 Å². The number of carbonyl (C=O) groups is 1. The third-order valence-electron chi connectivity index (χ3n) is 5.77. The summed E-state index contributed by atoms with van der Waals surface area (Å²) < 4.78 is 2.00. The number of nitrogens with zero attached hydrogens (tertiary/aromatic N) is 4. The maximum atomic E-state index is 12.9. The first-order chi connectivity index (χ1) is 12.2. The van der Waals surface area contributed by atoms with Gasteiger partial charge in [0.05, 0.1) is 11.5 Å². The molecule has 0 bridgehead atoms. The number of hydrogen-bond donors (Lipinski definition) is 0. The number of nitriles is 1. The van der Waals surface area contributed by atoms with E-state index in [9.17, 15) is 10.1 Å². The Balaban J connectivity index is 1.44. The Bertz CT molecular complexity index is 797. The predicted molar refractivity (Wildman–Crippen MR) is 93.6 cm³/mol. The van der Waals surface area contributed by atoms with Crippen LogP contribution >= 0.6 is 0 Å². The maximum Gasteiger partial charge on any atom is 0.226 e. The van der Waals surface area contributed by atoms with Crippen LogP contribution in [0.25, 0.3) is 0 Å². The molecule has 1 atom stereocenters. The van der Waals surface area contributed by atoms with Gasteiger partial charge in [-0.2, -0.15) is 10.4 Å². The van der Waals surface area contributed by atoms with Crippen molar-refractivity contribution in [3.8, 4) is 6.07 Å². The summed E-state index contributed by atoms with van der Waals surface area (Å²) in [6, 6.07) is 14.5. The molecule has 2 aromatic rings. The van der Waals surface area contributed by atoms with Gasteiger partial charge in [-0.25, -0.2) is 0 Å². The molecule has 2 aliphatic heterocycles. The molecule has 1 aromatic carbocycles. The van der Waals surface area contributed by atoms with Crippen molar-refractivity contribution in [3.05, 3.63) is 53.9 Å². The molecule has 0 saturated carbocycles. The van der Waals surface area contributed by atoms with Crippen molar-refractivity contribution < 1.29 is 4.79 Å². The van der Waals surface area contributed by atoms with Crippen molar-refractivity contribution in [1.82, 2.24) is 14.7 Å². The highest BCUT2D eigenvalue weighted by molar-refractivity contribution is 5.79. The molecule has 5 nitrogen and oxygen atoms in total. The minimum absolute atomic E-state index is 0.0514. The first kappa shape index (κ1) is 15.9. The number of aryl methyl sites for hydroxylation is 1. The quantitative estimate of drug-likeness (QED) is 0.848. The summed E-state index contributed by atoms with van der Waals surface area (Å²) in [5.74, 6) is 0.294. The fraction of sp³-hybridized carbons (Fsp3) is 0.450. The van der Waals surface area contributed by atoms with E-state index in [1.54, 1.807) is 0 Å². The third kappa shape index (κ3) is 2.82. The number of likely N-dealkylation sites (tertiary alicyclic amines) is 1. The second kappa shape index (κ2) is 6.36. The Morgan fingerprint density at radius 2 is 1.92 bits per heavy atom. The molecule has 128 valence electrons. The fourth-order valence-corrected chi connectivity index (χ4v) is 4.17. The smallest absolute Gasteiger partial charge is 0.226 e. The van der Waals surface area contributed by atoms with Crippen molar-refractivity contribution in [2.24, 2.45) is 5.92 Å². The van der Waals surface area contributed by atoms with Crippen LogP contribution in [0.3, 0.4) is 0 Å². The van der Waals surface area contributed by atoms with Gasteiger partial charge < -0.3 is 4.90 Å². The lowest BCUT2D eigenvalue weighted by Crippen LogP contribution is -2.47. The zero-order valence-electron chi connectivity index (χ0n) is 14.3. The van der Waals surface area contributed by atoms with Crippen LogP contribution in [0.15, 0.2) is 42.6 Å². The van der Waals surface area contributed by atoms with Crippen molar-refractivity contribution in [3.63, 3.8) is 0 Å². The summed E-state index contributed by atoms with van der Waals surface area (Å²) in [4.78, 5) is 14.9. The second-order valence-corrected chi connectivity index (χ2v) is 7.12. The second-order valence-electron chi connectivity index (χ2n) is 7.12. The minimum atomic E-state index is -0.455. The SMILES string of the molecule is N#CC1(c2ccccc2)CCN(C(=O)C2CCn3nccc3C2)CC1. The van der Waals surface area contributed by atoms with E-state index >= 15 is 0 Å². The van der Waals surface area contributed by atoms with Crippen LogP contribution in [-0.4, -0.2) is 33.7 Å². The Kier molecular flexibility index (Phi) is 4.04. The summed E-state index contributed by atoms with van der Waals surface area (Å²) in [6.07, 6.45) is 4.86. The van der Waals surface area contributed by atoms with E-state index in [0.717, 1.165) is 30.6 Å². The number of fused-ring (bicyclic) bond motifs is 1. The molecule has 0 aliphatic carbocycles. The molecular formula is C20H22N4O. The van der Waals surface area contributed by atoms with E-state index in [4.69, 9.17) is 0 Å². The minimum Gasteiger partial charge on any atom is -0.342 e. The fourth-order valence-electron chi connectivity index (χ4n) is 4.17. The van der Waals surface area contributed by atoms with E-state index in [-0.39, 0.29) is 11.8 Å². The molecule has 0 radical (unpaired) electrons. The van der Waals surface area contributed by atoms with Crippen LogP contribution in [0.2, 0.25) is 0 Å². The summed E-state index contributed by atoms with van der Waals surface area (Å²) in [5, 5.41) is 14.1. The third-order valence-corrected chi connectivity index (χ3v) is 5.77. The average Bonchev–Trinajstić information content (AvgIpc) is 3.16. The number of amides is 1. The molecule has 0 spiro atoms. The van der Waals surface area contributed by atoms with Crippen molar-refractivity contribution in [2.75, 3.05) is 13.1 Å². The summed E-state index contributed by atoms with van der Waals surface area (Å²) in [7, 11) is 0. The molecule has 1 amide bonds. The highest BCUT2D eigenvalue weighted by atomic mass is 16.2. The summed E-state index contributed by atoms with van der Waals surface area (Å²) >= 11 is 0. The molecule has 3 heterocycles. The van der Waals surface area contributed by atoms with E-state index in [0.29, 0.717) is 25.9 Å². The van der Waals surface area contributed by atoms with Crippen LogP contribution in [0.4, 0.5) is 0 Å². The van der Waals surface area contributed by atoms with E-state index in [2.05, 4.69) is 11.2 Å². The van der Waals surface area contributed by atoms with Crippen LogP contribution in [0.5, 0.6) is 0 Å². The van der Waals surface area contributed by atoms with Gasteiger partial charge in [0.1, 0.15) is 0 Å². The normalized spacial score (nSPS) is 22.0. The van der Waals surface area contributed by atoms with E-state index in [1.807, 2.05) is 52.2 Å². The van der Waals surface area contributed by atoms with E-state index in [1.165, 1.54) is 0 Å². The van der Waals surface area contributed by atoms with Gasteiger partial charge in [-0.05, 0) is 30.9 Å². The number of piperidine rings is 1. The zero-order valence-corrected chi connectivity index (χ0v) is 14.3. The van der Waals surface area contributed by atoms with Gasteiger partial charge in [-0.15, -0.1) is 0 Å². The van der Waals surface area contributed by atoms with Gasteiger partial charge in [-0.3, -0.25) is 9.48 Å². The Labute approximate surface area is 147 Å². The summed E-state index contributed by atoms with van der Waals surface area (Å²) in [6.45, 7) is 2.15. The first-order valence-corrected chi connectivity index (χ1v) is 8.98. The average molecular weight is 334 g/mol. The lowest BCUT2D eigenvalue weighted by molar-refractivity contribution is -0.137. The van der Waals surface area contributed by atoms with Gasteiger partial charge >= 0.3 is 0 Å². The van der Waals surface area contributed by atoms with Crippen molar-refractivity contribution in [1.29, 1.82) is 5.26 Å². The number of benzene rings is 1. The standard InChI is InChI=1S/C20H22N4O/c21-15-20(17-4-2-1-3-5-17)8-12-23(13-9-20)19(25)16-7-11-24-18(14-16)6-10-22-24/h1-6,10,16H,7-9,11-14H2. The van der Waals surface area contributed by atoms with Gasteiger partial charge in [0.25, 0.3) is 0 Å². The monoisotopic (exact) mass is 334 g/mol. The summed E-state index contributed by atoms with van der Waals surface area (Å²) in [5.41, 5.74) is 1.77. The number of hydrogen-bond acceptors (Lipinski definition) is 3. The lowest BCUT2D eigenvalue weighted by atomic mass is 9.74. The van der Waals surface area contributed by atoms with Gasteiger partial charge in [-0.1, -0.05) is 30.3 Å². The van der Waals surface area contributed by atoms with Crippen LogP contribution < -0.4 is 0 Å². The van der Waals surface area contributed by atoms with Crippen LogP contribution in [-0.2, 0) is 23.2 Å². The highest BCUT2D eigenvalue weighted by Gasteiger charge is 2.39. The van der Waals surface area contributed by atoms with Crippen LogP contribution in [0, 0.1) is 17.2 Å². The number of carbonyl (C=O) groups excluding carboxylic acids is 1. The first-order valence-electron chi connectivity index (χ1n) is 8.98. The molecular weight excluding hydrogens is 312 g/mol. The Morgan fingerprint density at radius 3 is 2.64 bits per heavy atom. The molecule has 1 saturated heterocycles. The molecule has 2 aliphatic rings. The van der Waals surface area contributed by atoms with Crippen molar-refractivity contribution >= 4 is 5.91 Å². The molecule has 4 rings (SSSR count). The van der Waals surface area contributed by atoms with Gasteiger partial charge in [0.2, 0.25) is 5.91 Å².